The van der Waals surface area contributed by atoms with Crippen molar-refractivity contribution < 1.29 is 32.9 Å². The number of hydrogen-bond acceptors (Lipinski definition) is 6. The van der Waals surface area contributed by atoms with Crippen molar-refractivity contribution in [1.82, 2.24) is 5.32 Å². The summed E-state index contributed by atoms with van der Waals surface area (Å²) >= 11 is 0. The van der Waals surface area contributed by atoms with E-state index in [1.54, 1.807) is 6.08 Å². The van der Waals surface area contributed by atoms with Gasteiger partial charge in [0.2, 0.25) is 5.91 Å². The van der Waals surface area contributed by atoms with Crippen LogP contribution >= 0.6 is 7.82 Å². The molecule has 0 bridgehead atoms. The molecule has 0 aromatic rings. The summed E-state index contributed by atoms with van der Waals surface area (Å²) in [4.78, 5) is 25.3. The molecule has 0 aromatic heterocycles. The van der Waals surface area contributed by atoms with E-state index in [9.17, 15) is 19.4 Å². The maximum absolute atomic E-state index is 12.9. The van der Waals surface area contributed by atoms with Crippen LogP contribution in [0.2, 0.25) is 0 Å². The predicted octanol–water partition coefficient (Wildman–Crippen LogP) is 12.8. The van der Waals surface area contributed by atoms with Crippen molar-refractivity contribution in [3.8, 4) is 0 Å². The van der Waals surface area contributed by atoms with Gasteiger partial charge in [-0.25, -0.2) is 0 Å². The van der Waals surface area contributed by atoms with Gasteiger partial charge in [-0.05, 0) is 57.8 Å². The minimum Gasteiger partial charge on any atom is -0.756 e. The largest absolute Gasteiger partial charge is 0.756 e. The third-order valence-electron chi connectivity index (χ3n) is 10.6. The minimum absolute atomic E-state index is 0.00715. The molecule has 0 aromatic carbocycles. The molecule has 0 rings (SSSR count). The lowest BCUT2D eigenvalue weighted by molar-refractivity contribution is -0.870. The van der Waals surface area contributed by atoms with Crippen LogP contribution in [0.1, 0.15) is 213 Å². The smallest absolute Gasteiger partial charge is 0.268 e. The molecule has 2 N–H and O–H groups in total. The van der Waals surface area contributed by atoms with Crippen LogP contribution in [0.4, 0.5) is 0 Å². The summed E-state index contributed by atoms with van der Waals surface area (Å²) in [6.07, 6.45) is 49.1. The Kier molecular flexibility index (Phi) is 39.2. The molecule has 9 heteroatoms. The molecule has 0 spiro atoms. The van der Waals surface area contributed by atoms with Crippen LogP contribution in [0.15, 0.2) is 36.5 Å². The number of amides is 1. The summed E-state index contributed by atoms with van der Waals surface area (Å²) in [5, 5.41) is 13.8. The van der Waals surface area contributed by atoms with E-state index in [1.807, 2.05) is 27.2 Å². The summed E-state index contributed by atoms with van der Waals surface area (Å²) in [5.41, 5.74) is 0. The van der Waals surface area contributed by atoms with E-state index in [1.165, 1.54) is 154 Å². The van der Waals surface area contributed by atoms with E-state index >= 15 is 0 Å². The first-order valence-electron chi connectivity index (χ1n) is 23.9. The fourth-order valence-electron chi connectivity index (χ4n) is 6.75. The van der Waals surface area contributed by atoms with Crippen molar-refractivity contribution in [2.45, 2.75) is 225 Å². The van der Waals surface area contributed by atoms with Crippen molar-refractivity contribution in [3.63, 3.8) is 0 Å². The number of likely N-dealkylation sites (N-methyl/N-ethyl adjacent to an activating group) is 1. The van der Waals surface area contributed by atoms with E-state index in [0.29, 0.717) is 17.4 Å². The molecule has 3 atom stereocenters. The quantitative estimate of drug-likeness (QED) is 0.0274. The fourth-order valence-corrected chi connectivity index (χ4v) is 7.47. The van der Waals surface area contributed by atoms with Crippen molar-refractivity contribution in [2.75, 3.05) is 40.9 Å². The van der Waals surface area contributed by atoms with Gasteiger partial charge in [0.25, 0.3) is 7.82 Å². The minimum atomic E-state index is -4.60. The molecule has 0 aliphatic heterocycles. The molecule has 0 radical (unpaired) electrons. The first-order valence-corrected chi connectivity index (χ1v) is 25.3. The van der Waals surface area contributed by atoms with Crippen LogP contribution in [0, 0.1) is 0 Å². The molecule has 57 heavy (non-hydrogen) atoms. The van der Waals surface area contributed by atoms with Crippen LogP contribution in [0.5, 0.6) is 0 Å². The number of hydrogen-bond donors (Lipinski definition) is 2. The molecular weight excluding hydrogens is 732 g/mol. The number of phosphoric acid groups is 1. The first kappa shape index (κ1) is 55.7. The number of rotatable bonds is 43. The number of unbranched alkanes of at least 4 members (excludes halogenated alkanes) is 26. The lowest BCUT2D eigenvalue weighted by Gasteiger charge is -2.29. The Morgan fingerprint density at radius 1 is 0.596 bits per heavy atom. The van der Waals surface area contributed by atoms with Crippen molar-refractivity contribution in [2.24, 2.45) is 0 Å². The van der Waals surface area contributed by atoms with E-state index in [2.05, 4.69) is 43.5 Å². The first-order chi connectivity index (χ1) is 27.5. The van der Waals surface area contributed by atoms with Crippen LogP contribution < -0.4 is 10.2 Å². The van der Waals surface area contributed by atoms with Gasteiger partial charge in [0.15, 0.2) is 0 Å². The van der Waals surface area contributed by atoms with E-state index in [-0.39, 0.29) is 12.5 Å². The number of nitrogens with zero attached hydrogens (tertiary/aromatic N) is 1. The van der Waals surface area contributed by atoms with Gasteiger partial charge in [0.05, 0.1) is 39.9 Å². The van der Waals surface area contributed by atoms with Crippen LogP contribution in [-0.4, -0.2) is 68.5 Å². The van der Waals surface area contributed by atoms with Gasteiger partial charge < -0.3 is 28.8 Å². The zero-order valence-electron chi connectivity index (χ0n) is 38.0. The van der Waals surface area contributed by atoms with E-state index < -0.39 is 26.6 Å². The highest BCUT2D eigenvalue weighted by molar-refractivity contribution is 7.45. The van der Waals surface area contributed by atoms with E-state index in [0.717, 1.165) is 38.5 Å². The molecule has 0 aliphatic carbocycles. The van der Waals surface area contributed by atoms with Crippen molar-refractivity contribution in [3.05, 3.63) is 36.5 Å². The third kappa shape index (κ3) is 42.6. The number of allylic oxidation sites excluding steroid dienone is 5. The molecule has 336 valence electrons. The number of carbonyl (C=O) groups excluding carboxylic acids is 1. The summed E-state index contributed by atoms with van der Waals surface area (Å²) in [6.45, 7) is 4.62. The Bertz CT molecular complexity index is 1030. The van der Waals surface area contributed by atoms with Gasteiger partial charge in [-0.15, -0.1) is 0 Å². The molecule has 8 nitrogen and oxygen atoms in total. The second-order valence-corrected chi connectivity index (χ2v) is 18.9. The standard InChI is InChI=1S/C48H93N2O6P/c1-6-8-10-12-14-16-18-20-21-22-23-24-25-26-27-28-30-32-34-36-38-40-42-48(52)49-46(45-56-57(53,54)55-44-43-50(3,4)5)47(51)41-39-37-35-33-31-29-19-17-15-13-11-9-7-2/h25-26,31,33,39,41,46-47,51H,6-24,27-30,32,34-38,40,42-45H2,1-5H3,(H-,49,52,53,54)/b26-25-,33-31+,41-39+. The second kappa shape index (κ2) is 40.1. The number of carbonyl (C=O) groups is 1. The van der Waals surface area contributed by atoms with E-state index in [4.69, 9.17) is 9.05 Å². The molecule has 3 unspecified atom stereocenters. The molecule has 0 aliphatic rings. The highest BCUT2D eigenvalue weighted by atomic mass is 31.2. The average Bonchev–Trinajstić information content (AvgIpc) is 3.16. The van der Waals surface area contributed by atoms with Crippen LogP contribution in [0.25, 0.3) is 0 Å². The molecular formula is C48H93N2O6P. The number of aliphatic hydroxyl groups excluding tert-OH is 1. The lowest BCUT2D eigenvalue weighted by Crippen LogP contribution is -2.45. The normalized spacial score (nSPS) is 14.6. The summed E-state index contributed by atoms with van der Waals surface area (Å²) in [6, 6.07) is -0.903. The third-order valence-corrected chi connectivity index (χ3v) is 11.5. The zero-order chi connectivity index (χ0) is 42.1. The summed E-state index contributed by atoms with van der Waals surface area (Å²) < 4.78 is 23.2. The fraction of sp³-hybridized carbons (Fsp3) is 0.854. The lowest BCUT2D eigenvalue weighted by atomic mass is 10.0. The number of aliphatic hydroxyl groups is 1. The Morgan fingerprint density at radius 3 is 1.42 bits per heavy atom. The second-order valence-electron chi connectivity index (χ2n) is 17.5. The highest BCUT2D eigenvalue weighted by Gasteiger charge is 2.23. The molecule has 0 fully saturated rings. The Balaban J connectivity index is 4.33. The molecule has 1 amide bonds. The van der Waals surface area contributed by atoms with Gasteiger partial charge >= 0.3 is 0 Å². The van der Waals surface area contributed by atoms with Crippen LogP contribution in [0.3, 0.4) is 0 Å². The average molecular weight is 825 g/mol. The number of nitrogens with one attached hydrogen (secondary N) is 1. The Labute approximate surface area is 353 Å². The van der Waals surface area contributed by atoms with Gasteiger partial charge in [-0.2, -0.15) is 0 Å². The van der Waals surface area contributed by atoms with Crippen molar-refractivity contribution in [1.29, 1.82) is 0 Å². The molecule has 0 saturated carbocycles. The van der Waals surface area contributed by atoms with Gasteiger partial charge in [0.1, 0.15) is 13.2 Å². The SMILES string of the molecule is CCCCCCCCC/C=C/CC/C=C/C(O)C(COP(=O)([O-])OCC[N+](C)(C)C)NC(=O)CCCCCCCCC/C=C\CCCCCCCCCCCCC. The predicted molar refractivity (Wildman–Crippen MR) is 242 cm³/mol. The van der Waals surface area contributed by atoms with Gasteiger partial charge in [-0.3, -0.25) is 9.36 Å². The zero-order valence-corrected chi connectivity index (χ0v) is 38.9. The summed E-state index contributed by atoms with van der Waals surface area (Å²) in [7, 11) is 1.24. The van der Waals surface area contributed by atoms with Crippen molar-refractivity contribution >= 4 is 13.7 Å². The Morgan fingerprint density at radius 2 is 0.982 bits per heavy atom. The summed E-state index contributed by atoms with van der Waals surface area (Å²) in [5.74, 6) is -0.212. The molecule has 0 saturated heterocycles. The Hall–Kier alpha value is -1.28. The topological polar surface area (TPSA) is 108 Å². The monoisotopic (exact) mass is 825 g/mol. The maximum atomic E-state index is 12.9. The number of phosphoric ester groups is 1. The maximum Gasteiger partial charge on any atom is 0.268 e. The van der Waals surface area contributed by atoms with Gasteiger partial charge in [0, 0.05) is 6.42 Å². The van der Waals surface area contributed by atoms with Crippen LogP contribution in [-0.2, 0) is 18.4 Å². The number of quaternary nitrogens is 1. The van der Waals surface area contributed by atoms with Gasteiger partial charge in [-0.1, -0.05) is 185 Å². The molecule has 0 heterocycles. The highest BCUT2D eigenvalue weighted by Crippen LogP contribution is 2.38.